The highest BCUT2D eigenvalue weighted by atomic mass is 79.9. The van der Waals surface area contributed by atoms with E-state index >= 15 is 0 Å². The van der Waals surface area contributed by atoms with Crippen molar-refractivity contribution < 1.29 is 9.47 Å². The van der Waals surface area contributed by atoms with Gasteiger partial charge < -0.3 is 9.47 Å². The Morgan fingerprint density at radius 1 is 1.33 bits per heavy atom. The van der Waals surface area contributed by atoms with Crippen molar-refractivity contribution in [1.82, 2.24) is 0 Å². The van der Waals surface area contributed by atoms with Gasteiger partial charge in [0.05, 0.1) is 17.0 Å². The van der Waals surface area contributed by atoms with Crippen molar-refractivity contribution in [3.05, 3.63) is 28.2 Å². The largest absolute Gasteiger partial charge is 0.490 e. The Hall–Kier alpha value is -0.250. The molecular weight excluding hydrogens is 279 g/mol. The normalized spacial score (nSPS) is 10.3. The molecule has 1 aromatic rings. The average molecular weight is 294 g/mol. The van der Waals surface area contributed by atoms with Crippen LogP contribution in [-0.2, 0) is 10.6 Å². The quantitative estimate of drug-likeness (QED) is 0.589. The maximum Gasteiger partial charge on any atom is 0.137 e. The van der Waals surface area contributed by atoms with Gasteiger partial charge in [0, 0.05) is 12.2 Å². The van der Waals surface area contributed by atoms with Gasteiger partial charge in [-0.1, -0.05) is 12.1 Å². The summed E-state index contributed by atoms with van der Waals surface area (Å²) in [6.45, 7) is 3.81. The predicted molar refractivity (Wildman–Crippen MR) is 65.7 cm³/mol. The van der Waals surface area contributed by atoms with Crippen LogP contribution in [-0.4, -0.2) is 19.8 Å². The van der Waals surface area contributed by atoms with Crippen molar-refractivity contribution in [1.29, 1.82) is 0 Å². The van der Waals surface area contributed by atoms with Crippen LogP contribution in [0.2, 0.25) is 0 Å². The minimum atomic E-state index is 0.448. The minimum absolute atomic E-state index is 0.448. The Balaban J connectivity index is 2.58. The van der Waals surface area contributed by atoms with Gasteiger partial charge in [0.15, 0.2) is 0 Å². The van der Waals surface area contributed by atoms with Gasteiger partial charge in [0.2, 0.25) is 0 Å². The first-order valence-corrected chi connectivity index (χ1v) is 6.16. The Bertz CT molecular complexity index is 305. The van der Waals surface area contributed by atoms with Gasteiger partial charge in [-0.2, -0.15) is 0 Å². The summed E-state index contributed by atoms with van der Waals surface area (Å²) in [4.78, 5) is 0. The van der Waals surface area contributed by atoms with Crippen LogP contribution in [0, 0.1) is 0 Å². The van der Waals surface area contributed by atoms with Crippen molar-refractivity contribution in [2.75, 3.05) is 19.8 Å². The highest BCUT2D eigenvalue weighted by Gasteiger charge is 2.06. The first-order chi connectivity index (χ1) is 7.29. The molecule has 0 fully saturated rings. The fraction of sp³-hybridized carbons (Fsp3) is 0.455. The molecule has 0 bridgehead atoms. The van der Waals surface area contributed by atoms with E-state index < -0.39 is 0 Å². The lowest BCUT2D eigenvalue weighted by Gasteiger charge is -2.11. The molecule has 0 amide bonds. The van der Waals surface area contributed by atoms with Crippen LogP contribution in [0.3, 0.4) is 0 Å². The second-order valence-electron chi connectivity index (χ2n) is 2.91. The van der Waals surface area contributed by atoms with Gasteiger partial charge in [-0.25, -0.2) is 0 Å². The van der Waals surface area contributed by atoms with E-state index in [1.807, 2.05) is 25.1 Å². The van der Waals surface area contributed by atoms with Crippen LogP contribution in [0.15, 0.2) is 22.7 Å². The zero-order chi connectivity index (χ0) is 11.1. The third-order valence-electron chi connectivity index (χ3n) is 1.87. The van der Waals surface area contributed by atoms with E-state index in [1.165, 1.54) is 0 Å². The molecule has 84 valence electrons. The lowest BCUT2D eigenvalue weighted by molar-refractivity contribution is 0.109. The third kappa shape index (κ3) is 4.01. The summed E-state index contributed by atoms with van der Waals surface area (Å²) in [6, 6.07) is 5.83. The summed E-state index contributed by atoms with van der Waals surface area (Å²) in [6.07, 6.45) is 0. The third-order valence-corrected chi connectivity index (χ3v) is 2.78. The topological polar surface area (TPSA) is 18.5 Å². The van der Waals surface area contributed by atoms with Crippen LogP contribution < -0.4 is 4.74 Å². The van der Waals surface area contributed by atoms with Gasteiger partial charge >= 0.3 is 0 Å². The molecule has 0 heterocycles. The zero-order valence-electron chi connectivity index (χ0n) is 8.63. The summed E-state index contributed by atoms with van der Waals surface area (Å²) >= 11 is 9.24. The molecular formula is C11H14BrClO2. The van der Waals surface area contributed by atoms with E-state index in [0.717, 1.165) is 15.8 Å². The van der Waals surface area contributed by atoms with Gasteiger partial charge in [-0.3, -0.25) is 0 Å². The Labute approximate surface area is 104 Å². The number of rotatable bonds is 6. The Morgan fingerprint density at radius 2 is 2.13 bits per heavy atom. The van der Waals surface area contributed by atoms with Crippen LogP contribution in [0.1, 0.15) is 12.5 Å². The van der Waals surface area contributed by atoms with E-state index in [0.29, 0.717) is 25.7 Å². The smallest absolute Gasteiger partial charge is 0.137 e. The van der Waals surface area contributed by atoms with Crippen LogP contribution in [0.5, 0.6) is 5.75 Å². The monoisotopic (exact) mass is 292 g/mol. The molecule has 15 heavy (non-hydrogen) atoms. The standard InChI is InChI=1S/C11H14BrClO2/c1-2-14-6-7-15-11-9(8-13)4-3-5-10(11)12/h3-5H,2,6-8H2,1H3. The molecule has 0 aliphatic carbocycles. The lowest BCUT2D eigenvalue weighted by atomic mass is 10.2. The molecule has 0 saturated carbocycles. The SMILES string of the molecule is CCOCCOc1c(Br)cccc1CCl. The van der Waals surface area contributed by atoms with Crippen molar-refractivity contribution in [3.8, 4) is 5.75 Å². The predicted octanol–water partition coefficient (Wildman–Crippen LogP) is 3.60. The Kier molecular flexibility index (Phi) is 6.06. The Morgan fingerprint density at radius 3 is 2.80 bits per heavy atom. The number of hydrogen-bond donors (Lipinski definition) is 0. The summed E-state index contributed by atoms with van der Waals surface area (Å²) in [7, 11) is 0. The average Bonchev–Trinajstić information content (AvgIpc) is 2.26. The second kappa shape index (κ2) is 7.09. The van der Waals surface area contributed by atoms with Gasteiger partial charge in [0.1, 0.15) is 12.4 Å². The molecule has 0 atom stereocenters. The highest BCUT2D eigenvalue weighted by molar-refractivity contribution is 9.10. The molecule has 0 spiro atoms. The molecule has 0 aliphatic rings. The van der Waals surface area contributed by atoms with E-state index in [9.17, 15) is 0 Å². The van der Waals surface area contributed by atoms with Crippen LogP contribution in [0.4, 0.5) is 0 Å². The van der Waals surface area contributed by atoms with E-state index in [4.69, 9.17) is 21.1 Å². The molecule has 1 aromatic carbocycles. The number of halogens is 2. The first kappa shape index (κ1) is 12.8. The summed E-state index contributed by atoms with van der Waals surface area (Å²) < 4.78 is 11.7. The van der Waals surface area contributed by atoms with Crippen LogP contribution in [0.25, 0.3) is 0 Å². The summed E-state index contributed by atoms with van der Waals surface area (Å²) in [5.41, 5.74) is 0.988. The molecule has 0 N–H and O–H groups in total. The molecule has 2 nitrogen and oxygen atoms in total. The van der Waals surface area contributed by atoms with Gasteiger partial charge in [-0.05, 0) is 28.9 Å². The highest BCUT2D eigenvalue weighted by Crippen LogP contribution is 2.29. The van der Waals surface area contributed by atoms with Crippen molar-refractivity contribution in [3.63, 3.8) is 0 Å². The van der Waals surface area contributed by atoms with Gasteiger partial charge in [-0.15, -0.1) is 11.6 Å². The molecule has 1 rings (SSSR count). The van der Waals surface area contributed by atoms with Crippen LogP contribution >= 0.6 is 27.5 Å². The first-order valence-electron chi connectivity index (χ1n) is 4.83. The fourth-order valence-corrected chi connectivity index (χ4v) is 1.90. The number of benzene rings is 1. The number of alkyl halides is 1. The van der Waals surface area contributed by atoms with Crippen molar-refractivity contribution in [2.45, 2.75) is 12.8 Å². The maximum atomic E-state index is 5.81. The summed E-state index contributed by atoms with van der Waals surface area (Å²) in [5.74, 6) is 1.26. The summed E-state index contributed by atoms with van der Waals surface area (Å²) in [5, 5.41) is 0. The van der Waals surface area contributed by atoms with Crippen molar-refractivity contribution >= 4 is 27.5 Å². The van der Waals surface area contributed by atoms with Crippen molar-refractivity contribution in [2.24, 2.45) is 0 Å². The molecule has 0 aliphatic heterocycles. The van der Waals surface area contributed by atoms with Gasteiger partial charge in [0.25, 0.3) is 0 Å². The van der Waals surface area contributed by atoms with E-state index in [-0.39, 0.29) is 0 Å². The fourth-order valence-electron chi connectivity index (χ4n) is 1.17. The second-order valence-corrected chi connectivity index (χ2v) is 4.03. The number of hydrogen-bond acceptors (Lipinski definition) is 2. The minimum Gasteiger partial charge on any atom is -0.490 e. The number of para-hydroxylation sites is 1. The lowest BCUT2D eigenvalue weighted by Crippen LogP contribution is -2.07. The molecule has 4 heteroatoms. The van der Waals surface area contributed by atoms with E-state index in [2.05, 4.69) is 15.9 Å². The molecule has 0 aromatic heterocycles. The molecule has 0 saturated heterocycles. The number of ether oxygens (including phenoxy) is 2. The van der Waals surface area contributed by atoms with E-state index in [1.54, 1.807) is 0 Å². The maximum absolute atomic E-state index is 5.81. The zero-order valence-corrected chi connectivity index (χ0v) is 11.0. The molecule has 0 radical (unpaired) electrons. The molecule has 0 unspecified atom stereocenters.